The number of fused-ring (bicyclic) bond motifs is 3. The first-order valence-electron chi connectivity index (χ1n) is 14.2. The Hall–Kier alpha value is -2.02. The number of anilines is 1. The van der Waals surface area contributed by atoms with Crippen molar-refractivity contribution in [2.24, 2.45) is 11.3 Å². The number of hydrogen-bond donors (Lipinski definition) is 1. The maximum absolute atomic E-state index is 6.26. The van der Waals surface area contributed by atoms with Crippen molar-refractivity contribution in [3.05, 3.63) is 23.5 Å². The van der Waals surface area contributed by atoms with E-state index in [0.717, 1.165) is 72.4 Å². The van der Waals surface area contributed by atoms with Crippen molar-refractivity contribution in [2.75, 3.05) is 25.6 Å². The molecule has 3 aromatic rings. The van der Waals surface area contributed by atoms with Crippen LogP contribution in [0.5, 0.6) is 0 Å². The minimum Gasteiger partial charge on any atom is -0.387 e. The van der Waals surface area contributed by atoms with Gasteiger partial charge in [0.05, 0.1) is 17.4 Å². The molecule has 8 nitrogen and oxygen atoms in total. The lowest BCUT2D eigenvalue weighted by Crippen LogP contribution is -2.23. The van der Waals surface area contributed by atoms with Gasteiger partial charge >= 0.3 is 0 Å². The molecule has 38 heavy (non-hydrogen) atoms. The summed E-state index contributed by atoms with van der Waals surface area (Å²) in [5, 5.41) is 8.39. The smallest absolute Gasteiger partial charge is 0.178 e. The first-order chi connectivity index (χ1) is 17.9. The second kappa shape index (κ2) is 10.2. The molecule has 1 fully saturated rings. The fourth-order valence-electron chi connectivity index (χ4n) is 5.42. The average molecular weight is 555 g/mol. The van der Waals surface area contributed by atoms with Gasteiger partial charge < -0.3 is 14.8 Å². The molecule has 2 aliphatic rings. The van der Waals surface area contributed by atoms with Crippen LogP contribution in [-0.4, -0.2) is 60.7 Å². The molecule has 3 heterocycles. The molecule has 10 heteroatoms. The fraction of sp³-hybridized carbons (Fsp3) is 0.679. The van der Waals surface area contributed by atoms with E-state index in [1.54, 1.807) is 0 Å². The van der Waals surface area contributed by atoms with Gasteiger partial charge in [0.25, 0.3) is 0 Å². The van der Waals surface area contributed by atoms with E-state index in [1.807, 2.05) is 13.2 Å². The molecule has 0 unspecified atom stereocenters. The highest BCUT2D eigenvalue weighted by molar-refractivity contribution is 6.76. The van der Waals surface area contributed by atoms with Crippen LogP contribution in [0.25, 0.3) is 22.7 Å². The van der Waals surface area contributed by atoms with Crippen LogP contribution in [0.3, 0.4) is 0 Å². The van der Waals surface area contributed by atoms with Crippen LogP contribution in [0.15, 0.2) is 12.3 Å². The maximum atomic E-state index is 6.26. The van der Waals surface area contributed by atoms with Crippen molar-refractivity contribution >= 4 is 33.0 Å². The number of pyridine rings is 1. The number of nitrogens with zero attached hydrogens (tertiary/aromatic N) is 5. The normalized spacial score (nSPS) is 21.0. The first-order valence-corrected chi connectivity index (χ1v) is 21.6. The number of hydrogen-bond acceptors (Lipinski definition) is 6. The third-order valence-electron chi connectivity index (χ3n) is 8.26. The van der Waals surface area contributed by atoms with Crippen molar-refractivity contribution < 1.29 is 9.47 Å². The van der Waals surface area contributed by atoms with E-state index >= 15 is 0 Å². The Bertz CT molecular complexity index is 1310. The third kappa shape index (κ3) is 5.93. The lowest BCUT2D eigenvalue weighted by Gasteiger charge is -2.20. The Balaban J connectivity index is 1.50. The van der Waals surface area contributed by atoms with Crippen LogP contribution >= 0.6 is 0 Å². The first kappa shape index (κ1) is 27.5. The van der Waals surface area contributed by atoms with Crippen molar-refractivity contribution in [3.8, 4) is 11.5 Å². The minimum absolute atomic E-state index is 0.406. The molecule has 0 aromatic carbocycles. The number of aromatic nitrogens is 5. The Morgan fingerprint density at radius 3 is 2.39 bits per heavy atom. The van der Waals surface area contributed by atoms with Crippen LogP contribution in [0.4, 0.5) is 5.69 Å². The highest BCUT2D eigenvalue weighted by Crippen LogP contribution is 2.60. The van der Waals surface area contributed by atoms with Gasteiger partial charge in [0.1, 0.15) is 19.2 Å². The Morgan fingerprint density at radius 2 is 1.74 bits per heavy atom. The Labute approximate surface area is 229 Å². The summed E-state index contributed by atoms with van der Waals surface area (Å²) < 4.78 is 16.7. The third-order valence-corrected chi connectivity index (χ3v) is 11.7. The number of imidazole rings is 1. The van der Waals surface area contributed by atoms with Gasteiger partial charge in [-0.2, -0.15) is 5.10 Å². The van der Waals surface area contributed by atoms with Crippen LogP contribution in [-0.2, 0) is 35.8 Å². The molecular formula is C28H46N6O2Si2. The van der Waals surface area contributed by atoms with Gasteiger partial charge in [-0.25, -0.2) is 14.6 Å². The van der Waals surface area contributed by atoms with Crippen molar-refractivity contribution in [1.29, 1.82) is 0 Å². The topological polar surface area (TPSA) is 79.0 Å². The van der Waals surface area contributed by atoms with E-state index in [0.29, 0.717) is 18.9 Å². The largest absolute Gasteiger partial charge is 0.387 e. The lowest BCUT2D eigenvalue weighted by atomic mass is 9.87. The summed E-state index contributed by atoms with van der Waals surface area (Å²) in [6, 6.07) is 4.41. The standard InChI is InChI=1S/C28H46N6O2Si2/c1-28-15-20(28)13-22-24(16-28)34(19-36-10-12-38(6,7)8)32-25(22)27-31-26-23(14-21(29-2)17-30-26)33(27)18-35-9-11-37(3,4)5/h14,17,20,29H,9-13,15-16,18-19H2,1-8H3/t20-,28-/m1/s1. The molecule has 0 spiro atoms. The quantitative estimate of drug-likeness (QED) is 0.216. The van der Waals surface area contributed by atoms with Gasteiger partial charge in [0, 0.05) is 47.7 Å². The lowest BCUT2D eigenvalue weighted by molar-refractivity contribution is 0.0756. The molecule has 0 aliphatic heterocycles. The van der Waals surface area contributed by atoms with E-state index in [4.69, 9.17) is 19.6 Å². The van der Waals surface area contributed by atoms with E-state index in [2.05, 4.69) is 71.8 Å². The predicted molar refractivity (Wildman–Crippen MR) is 160 cm³/mol. The van der Waals surface area contributed by atoms with E-state index in [-0.39, 0.29) is 0 Å². The van der Waals surface area contributed by atoms with Gasteiger partial charge in [0.2, 0.25) is 0 Å². The summed E-state index contributed by atoms with van der Waals surface area (Å²) >= 11 is 0. The summed E-state index contributed by atoms with van der Waals surface area (Å²) in [5.74, 6) is 1.59. The maximum Gasteiger partial charge on any atom is 0.178 e. The van der Waals surface area contributed by atoms with Gasteiger partial charge in [-0.15, -0.1) is 0 Å². The molecule has 0 amide bonds. The molecule has 2 atom stereocenters. The summed E-state index contributed by atoms with van der Waals surface area (Å²) in [5.41, 5.74) is 6.71. The van der Waals surface area contributed by atoms with Gasteiger partial charge in [-0.05, 0) is 48.7 Å². The van der Waals surface area contributed by atoms with Gasteiger partial charge in [0.15, 0.2) is 11.5 Å². The molecule has 0 radical (unpaired) electrons. The van der Waals surface area contributed by atoms with Crippen LogP contribution in [0.2, 0.25) is 51.4 Å². The van der Waals surface area contributed by atoms with Gasteiger partial charge in [-0.3, -0.25) is 4.57 Å². The van der Waals surface area contributed by atoms with Crippen LogP contribution < -0.4 is 5.32 Å². The van der Waals surface area contributed by atoms with Crippen LogP contribution in [0.1, 0.15) is 24.6 Å². The minimum atomic E-state index is -1.18. The SMILES string of the molecule is CNc1cnc2nc(-c3nn(COCC[Si](C)(C)C)c4c3C[C@@H]3C[C@]3(C)C4)n(COCC[Si](C)(C)C)c2c1. The zero-order valence-electron chi connectivity index (χ0n) is 24.6. The summed E-state index contributed by atoms with van der Waals surface area (Å²) in [6.07, 6.45) is 5.25. The van der Waals surface area contributed by atoms with Crippen LogP contribution in [0, 0.1) is 11.3 Å². The molecule has 208 valence electrons. The molecule has 1 saturated carbocycles. The monoisotopic (exact) mass is 554 g/mol. The summed E-state index contributed by atoms with van der Waals surface area (Å²) in [7, 11) is -0.402. The second-order valence-corrected chi connectivity index (χ2v) is 25.3. The van der Waals surface area contributed by atoms with Crippen molar-refractivity contribution in [3.63, 3.8) is 0 Å². The average Bonchev–Trinajstić information content (AvgIpc) is 3.19. The molecule has 3 aromatic heterocycles. The highest BCUT2D eigenvalue weighted by Gasteiger charge is 2.54. The molecule has 5 rings (SSSR count). The number of ether oxygens (including phenoxy) is 2. The molecule has 1 N–H and O–H groups in total. The number of nitrogens with one attached hydrogen (secondary N) is 1. The highest BCUT2D eigenvalue weighted by atomic mass is 28.3. The van der Waals surface area contributed by atoms with E-state index < -0.39 is 16.1 Å². The zero-order valence-corrected chi connectivity index (χ0v) is 26.6. The molecule has 0 saturated heterocycles. The fourth-order valence-corrected chi connectivity index (χ4v) is 6.93. The Kier molecular flexibility index (Phi) is 7.38. The Morgan fingerprint density at radius 1 is 1.05 bits per heavy atom. The van der Waals surface area contributed by atoms with Crippen molar-refractivity contribution in [1.82, 2.24) is 24.3 Å². The summed E-state index contributed by atoms with van der Waals surface area (Å²) in [6.45, 7) is 19.2. The zero-order chi connectivity index (χ0) is 27.3. The van der Waals surface area contributed by atoms with E-state index in [1.165, 1.54) is 17.7 Å². The predicted octanol–water partition coefficient (Wildman–Crippen LogP) is 6.09. The second-order valence-electron chi connectivity index (χ2n) is 14.1. The van der Waals surface area contributed by atoms with E-state index in [9.17, 15) is 0 Å². The molecule has 2 aliphatic carbocycles. The summed E-state index contributed by atoms with van der Waals surface area (Å²) in [4.78, 5) is 9.70. The van der Waals surface area contributed by atoms with Crippen molar-refractivity contribution in [2.45, 2.75) is 91.0 Å². The number of rotatable bonds is 12. The molecular weight excluding hydrogens is 509 g/mol. The molecule has 0 bridgehead atoms. The van der Waals surface area contributed by atoms with Gasteiger partial charge in [-0.1, -0.05) is 46.2 Å².